The van der Waals surface area contributed by atoms with Crippen LogP contribution in [0.5, 0.6) is 11.5 Å². The molecule has 0 atom stereocenters. The van der Waals surface area contributed by atoms with E-state index >= 15 is 0 Å². The summed E-state index contributed by atoms with van der Waals surface area (Å²) in [6.45, 7) is 11.5. The number of carboxylic acids is 2. The predicted octanol–water partition coefficient (Wildman–Crippen LogP) is 4.74. The van der Waals surface area contributed by atoms with Crippen LogP contribution in [0, 0.1) is 0 Å². The second-order valence-corrected chi connectivity index (χ2v) is 11.2. The van der Waals surface area contributed by atoms with E-state index in [1.807, 2.05) is 0 Å². The maximum Gasteiger partial charge on any atom is 2.00 e. The molecule has 0 unspecified atom stereocenters. The SMILES string of the molecule is CC(=O)[O-].CC(=O)[O-].CC(C)(C)c1cc(C(F)(F)F)cc(C=NCN=Cc2cc(C(F)(F)F)cc(C(C)(C)C)c2O)c1O.[Co+2]. The average Bonchev–Trinajstić information content (AvgIpc) is 2.76. The number of hydrogen-bond acceptors (Lipinski definition) is 8. The normalized spacial score (nSPS) is 12.1. The van der Waals surface area contributed by atoms with Gasteiger partial charge in [0.2, 0.25) is 0 Å². The molecule has 0 saturated carbocycles. The number of benzene rings is 2. The third-order valence-electron chi connectivity index (χ3n) is 5.17. The first-order valence-electron chi connectivity index (χ1n) is 12.4. The fourth-order valence-corrected chi connectivity index (χ4v) is 3.31. The molecule has 0 bridgehead atoms. The van der Waals surface area contributed by atoms with Crippen molar-refractivity contribution in [2.45, 2.75) is 78.6 Å². The van der Waals surface area contributed by atoms with Crippen LogP contribution in [0.25, 0.3) is 0 Å². The third-order valence-corrected chi connectivity index (χ3v) is 5.17. The van der Waals surface area contributed by atoms with Crippen LogP contribution >= 0.6 is 0 Å². The van der Waals surface area contributed by atoms with E-state index < -0.39 is 46.2 Å². The first-order valence-corrected chi connectivity index (χ1v) is 12.4. The molecule has 2 N–H and O–H groups in total. The van der Waals surface area contributed by atoms with Crippen molar-refractivity contribution >= 4 is 24.4 Å². The van der Waals surface area contributed by atoms with Crippen molar-refractivity contribution in [2.75, 3.05) is 6.67 Å². The quantitative estimate of drug-likeness (QED) is 0.353. The number of aliphatic carboxylic acids is 2. The number of nitrogens with zero attached hydrogens (tertiary/aromatic N) is 2. The van der Waals surface area contributed by atoms with Crippen LogP contribution in [0.3, 0.4) is 0 Å². The Labute approximate surface area is 261 Å². The van der Waals surface area contributed by atoms with E-state index in [4.69, 9.17) is 19.8 Å². The Hall–Kier alpha value is -3.59. The molecule has 247 valence electrons. The Morgan fingerprint density at radius 3 is 1.14 bits per heavy atom. The fourth-order valence-electron chi connectivity index (χ4n) is 3.31. The van der Waals surface area contributed by atoms with E-state index in [2.05, 4.69) is 9.98 Å². The minimum absolute atomic E-state index is 0. The number of aliphatic imine (C=N–C) groups is 2. The van der Waals surface area contributed by atoms with Gasteiger partial charge in [0.15, 0.2) is 0 Å². The summed E-state index contributed by atoms with van der Waals surface area (Å²) in [5.41, 5.74) is -3.63. The molecule has 2 aromatic carbocycles. The van der Waals surface area contributed by atoms with Crippen LogP contribution in [0.2, 0.25) is 0 Å². The maximum atomic E-state index is 13.3. The summed E-state index contributed by atoms with van der Waals surface area (Å²) < 4.78 is 79.9. The van der Waals surface area contributed by atoms with Gasteiger partial charge in [-0.2, -0.15) is 26.3 Å². The molecule has 0 spiro atoms. The van der Waals surface area contributed by atoms with Crippen molar-refractivity contribution in [3.63, 3.8) is 0 Å². The standard InChI is InChI=1S/C25H28F6N2O2.2C2H4O2.Co/c1-22(2,3)18-9-16(24(26,27)28)7-14(20(18)34)11-32-13-33-12-15-8-17(25(29,30)31)10-19(21(15)35)23(4,5)6;2*1-2(3)4;/h7-12,34-35H,13H2,1-6H3;2*1H3,(H,3,4);/q;;;+2/p-2. The predicted molar refractivity (Wildman–Crippen MR) is 145 cm³/mol. The summed E-state index contributed by atoms with van der Waals surface area (Å²) in [4.78, 5) is 25.5. The van der Waals surface area contributed by atoms with Crippen LogP contribution in [0.15, 0.2) is 34.3 Å². The van der Waals surface area contributed by atoms with E-state index in [0.717, 1.165) is 50.5 Å². The van der Waals surface area contributed by atoms with Gasteiger partial charge in [0.25, 0.3) is 0 Å². The molecule has 0 aliphatic rings. The molecule has 0 aliphatic carbocycles. The number of hydrogen-bond donors (Lipinski definition) is 2. The van der Waals surface area contributed by atoms with Gasteiger partial charge in [0.1, 0.15) is 18.2 Å². The number of carbonyl (C=O) groups excluding carboxylic acids is 2. The number of aromatic hydroxyl groups is 2. The molecule has 8 nitrogen and oxygen atoms in total. The number of alkyl halides is 6. The number of phenols is 2. The molecule has 0 heterocycles. The monoisotopic (exact) mass is 679 g/mol. The molecular weight excluding hydrogens is 645 g/mol. The van der Waals surface area contributed by atoms with Crippen molar-refractivity contribution in [1.29, 1.82) is 0 Å². The van der Waals surface area contributed by atoms with Gasteiger partial charge in [-0.3, -0.25) is 9.98 Å². The van der Waals surface area contributed by atoms with Crippen molar-refractivity contribution in [2.24, 2.45) is 9.98 Å². The van der Waals surface area contributed by atoms with E-state index in [1.54, 1.807) is 41.5 Å². The Kier molecular flexibility index (Phi) is 15.9. The van der Waals surface area contributed by atoms with Crippen LogP contribution < -0.4 is 10.2 Å². The molecule has 1 radical (unpaired) electrons. The summed E-state index contributed by atoms with van der Waals surface area (Å²) in [5, 5.41) is 38.7. The van der Waals surface area contributed by atoms with Gasteiger partial charge in [0, 0.05) is 46.6 Å². The number of halogens is 6. The Bertz CT molecular complexity index is 1230. The summed E-state index contributed by atoms with van der Waals surface area (Å²) >= 11 is 0. The zero-order chi connectivity index (χ0) is 34.1. The van der Waals surface area contributed by atoms with Gasteiger partial charge in [-0.1, -0.05) is 41.5 Å². The van der Waals surface area contributed by atoms with Gasteiger partial charge in [0.05, 0.1) is 11.1 Å². The largest absolute Gasteiger partial charge is 2.00 e. The van der Waals surface area contributed by atoms with Crippen LogP contribution in [-0.4, -0.2) is 41.2 Å². The van der Waals surface area contributed by atoms with E-state index in [9.17, 15) is 36.6 Å². The van der Waals surface area contributed by atoms with Gasteiger partial charge in [-0.05, 0) is 48.9 Å². The number of carboxylic acid groups (broad SMARTS) is 2. The average molecular weight is 680 g/mol. The molecule has 15 heteroatoms. The Morgan fingerprint density at radius 1 is 0.682 bits per heavy atom. The topological polar surface area (TPSA) is 145 Å². The van der Waals surface area contributed by atoms with Crippen molar-refractivity contribution in [3.8, 4) is 11.5 Å². The first kappa shape index (κ1) is 42.5. The fraction of sp³-hybridized carbons (Fsp3) is 0.448. The molecule has 0 fully saturated rings. The first-order chi connectivity index (χ1) is 19.2. The van der Waals surface area contributed by atoms with Crippen LogP contribution in [0.4, 0.5) is 26.3 Å². The van der Waals surface area contributed by atoms with E-state index in [-0.39, 0.29) is 57.2 Å². The van der Waals surface area contributed by atoms with Gasteiger partial charge in [-0.15, -0.1) is 0 Å². The summed E-state index contributed by atoms with van der Waals surface area (Å²) in [7, 11) is 0. The number of carbonyl (C=O) groups is 2. The molecule has 44 heavy (non-hydrogen) atoms. The molecule has 0 amide bonds. The molecule has 0 saturated heterocycles. The summed E-state index contributed by atoms with van der Waals surface area (Å²) in [5.74, 6) is -2.88. The van der Waals surface area contributed by atoms with E-state index in [0.29, 0.717) is 0 Å². The van der Waals surface area contributed by atoms with Crippen molar-refractivity contribution in [1.82, 2.24) is 0 Å². The van der Waals surface area contributed by atoms with Crippen LogP contribution in [0.1, 0.15) is 88.8 Å². The van der Waals surface area contributed by atoms with Gasteiger partial charge >= 0.3 is 29.1 Å². The number of phenolic OH excluding ortho intramolecular Hbond substituents is 2. The minimum Gasteiger partial charge on any atom is -0.550 e. The Balaban J connectivity index is 0. The zero-order valence-electron chi connectivity index (χ0n) is 25.2. The number of rotatable bonds is 4. The zero-order valence-corrected chi connectivity index (χ0v) is 26.2. The van der Waals surface area contributed by atoms with Gasteiger partial charge < -0.3 is 30.0 Å². The van der Waals surface area contributed by atoms with Gasteiger partial charge in [-0.25, -0.2) is 0 Å². The smallest absolute Gasteiger partial charge is 0.550 e. The molecule has 0 aliphatic heterocycles. The third kappa shape index (κ3) is 14.7. The second kappa shape index (κ2) is 16.5. The minimum atomic E-state index is -4.64. The molecule has 2 rings (SSSR count). The van der Waals surface area contributed by atoms with Crippen LogP contribution in [-0.2, 0) is 49.6 Å². The summed E-state index contributed by atoms with van der Waals surface area (Å²) in [6, 6.07) is 3.28. The molecule has 0 aromatic heterocycles. The van der Waals surface area contributed by atoms with Crippen molar-refractivity contribution in [3.05, 3.63) is 57.6 Å². The molecular formula is C29H34CoF6N2O6. The van der Waals surface area contributed by atoms with Crippen molar-refractivity contribution < 1.29 is 73.1 Å². The second-order valence-electron chi connectivity index (χ2n) is 11.2. The van der Waals surface area contributed by atoms with E-state index in [1.165, 1.54) is 0 Å². The Morgan fingerprint density at radius 2 is 0.932 bits per heavy atom. The summed E-state index contributed by atoms with van der Waals surface area (Å²) in [6.07, 6.45) is -7.24. The maximum absolute atomic E-state index is 13.3. The molecule has 2 aromatic rings.